The van der Waals surface area contributed by atoms with Crippen molar-refractivity contribution in [1.82, 2.24) is 14.9 Å². The van der Waals surface area contributed by atoms with Crippen LogP contribution in [0.15, 0.2) is 47.3 Å². The maximum atomic E-state index is 12.7. The molecule has 0 saturated heterocycles. The summed E-state index contributed by atoms with van der Waals surface area (Å²) in [6.07, 6.45) is 1.50. The van der Waals surface area contributed by atoms with E-state index in [9.17, 15) is 14.7 Å². The second-order valence-electron chi connectivity index (χ2n) is 6.62. The number of fused-ring (bicyclic) bond motifs is 1. The van der Waals surface area contributed by atoms with Crippen LogP contribution in [-0.4, -0.2) is 32.4 Å². The number of aromatic hydroxyl groups is 1. The molecule has 0 saturated carbocycles. The van der Waals surface area contributed by atoms with Crippen LogP contribution in [0.25, 0.3) is 10.9 Å². The van der Waals surface area contributed by atoms with E-state index < -0.39 is 0 Å². The third-order valence-electron chi connectivity index (χ3n) is 4.50. The molecule has 2 aromatic carbocycles. The molecule has 3 rings (SSSR count). The molecule has 1 aromatic heterocycles. The summed E-state index contributed by atoms with van der Waals surface area (Å²) in [6.45, 7) is 2.75. The number of nitrogens with zero attached hydrogens (tertiary/aromatic N) is 2. The Kier molecular flexibility index (Phi) is 6.31. The van der Waals surface area contributed by atoms with Gasteiger partial charge in [-0.15, -0.1) is 0 Å². The SMILES string of the molecule is CCCN(Cc1nc2cc(Cl)ccc2c(=O)[nH]1)C(=O)CCc1ccccc1O. The topological polar surface area (TPSA) is 86.3 Å². The normalized spacial score (nSPS) is 10.9. The Morgan fingerprint density at radius 2 is 2.04 bits per heavy atom. The highest BCUT2D eigenvalue weighted by Gasteiger charge is 2.16. The standard InChI is InChI=1S/C21H22ClN3O3/c1-2-11-25(20(27)10-7-14-5-3-4-6-18(14)26)13-19-23-17-12-15(22)8-9-16(17)21(28)24-19/h3-6,8-9,12,26H,2,7,10-11,13H2,1H3,(H,23,24,28). The minimum atomic E-state index is -0.255. The van der Waals surface area contributed by atoms with Crippen LogP contribution in [-0.2, 0) is 17.8 Å². The number of carbonyl (C=O) groups is 1. The highest BCUT2D eigenvalue weighted by molar-refractivity contribution is 6.31. The van der Waals surface area contributed by atoms with Crippen LogP contribution < -0.4 is 5.56 Å². The van der Waals surface area contributed by atoms with Gasteiger partial charge in [0.1, 0.15) is 11.6 Å². The van der Waals surface area contributed by atoms with Gasteiger partial charge in [-0.05, 0) is 42.7 Å². The Labute approximate surface area is 167 Å². The molecule has 0 radical (unpaired) electrons. The maximum Gasteiger partial charge on any atom is 0.258 e. The van der Waals surface area contributed by atoms with Gasteiger partial charge in [-0.1, -0.05) is 36.7 Å². The predicted octanol–water partition coefficient (Wildman–Crippen LogP) is 3.65. The monoisotopic (exact) mass is 399 g/mol. The number of H-pyrrole nitrogens is 1. The lowest BCUT2D eigenvalue weighted by molar-refractivity contribution is -0.131. The van der Waals surface area contributed by atoms with Gasteiger partial charge in [-0.2, -0.15) is 0 Å². The molecule has 0 aliphatic heterocycles. The Hall–Kier alpha value is -2.86. The number of hydrogen-bond acceptors (Lipinski definition) is 4. The Morgan fingerprint density at radius 1 is 1.25 bits per heavy atom. The van der Waals surface area contributed by atoms with Gasteiger partial charge in [-0.25, -0.2) is 4.98 Å². The average molecular weight is 400 g/mol. The van der Waals surface area contributed by atoms with Crippen LogP contribution in [0.4, 0.5) is 0 Å². The number of nitrogens with one attached hydrogen (secondary N) is 1. The fraction of sp³-hybridized carbons (Fsp3) is 0.286. The average Bonchev–Trinajstić information content (AvgIpc) is 2.66. The highest BCUT2D eigenvalue weighted by atomic mass is 35.5. The van der Waals surface area contributed by atoms with Gasteiger partial charge in [0.05, 0.1) is 17.4 Å². The zero-order chi connectivity index (χ0) is 20.1. The molecule has 0 bridgehead atoms. The molecule has 3 aromatic rings. The molecule has 0 spiro atoms. The summed E-state index contributed by atoms with van der Waals surface area (Å²) in [5, 5.41) is 10.8. The van der Waals surface area contributed by atoms with Gasteiger partial charge in [0, 0.05) is 18.0 Å². The number of aromatic amines is 1. The van der Waals surface area contributed by atoms with Crippen molar-refractivity contribution in [1.29, 1.82) is 0 Å². The van der Waals surface area contributed by atoms with Crippen LogP contribution in [0.3, 0.4) is 0 Å². The Bertz CT molecular complexity index is 1050. The molecule has 28 heavy (non-hydrogen) atoms. The van der Waals surface area contributed by atoms with Crippen LogP contribution in [0.5, 0.6) is 5.75 Å². The molecular formula is C21H22ClN3O3. The van der Waals surface area contributed by atoms with Crippen molar-refractivity contribution in [2.45, 2.75) is 32.7 Å². The van der Waals surface area contributed by atoms with E-state index in [0.717, 1.165) is 12.0 Å². The van der Waals surface area contributed by atoms with Gasteiger partial charge in [0.15, 0.2) is 0 Å². The first-order chi connectivity index (χ1) is 13.5. The molecule has 1 amide bonds. The molecule has 0 fully saturated rings. The van der Waals surface area contributed by atoms with Gasteiger partial charge >= 0.3 is 0 Å². The van der Waals surface area contributed by atoms with E-state index in [1.807, 2.05) is 13.0 Å². The first-order valence-corrected chi connectivity index (χ1v) is 9.59. The number of amides is 1. The zero-order valence-corrected chi connectivity index (χ0v) is 16.4. The van der Waals surface area contributed by atoms with E-state index >= 15 is 0 Å². The van der Waals surface area contributed by atoms with E-state index in [4.69, 9.17) is 11.6 Å². The quantitative estimate of drug-likeness (QED) is 0.634. The smallest absolute Gasteiger partial charge is 0.258 e. The van der Waals surface area contributed by atoms with E-state index in [-0.39, 0.29) is 30.2 Å². The van der Waals surface area contributed by atoms with Crippen LogP contribution in [0.2, 0.25) is 5.02 Å². The van der Waals surface area contributed by atoms with Gasteiger partial charge in [0.25, 0.3) is 5.56 Å². The molecule has 0 atom stereocenters. The van der Waals surface area contributed by atoms with E-state index in [2.05, 4.69) is 9.97 Å². The number of carbonyl (C=O) groups excluding carboxylic acids is 1. The fourth-order valence-electron chi connectivity index (χ4n) is 3.10. The van der Waals surface area contributed by atoms with Crippen molar-refractivity contribution in [2.24, 2.45) is 0 Å². The molecule has 0 unspecified atom stereocenters. The number of aryl methyl sites for hydroxylation is 1. The largest absolute Gasteiger partial charge is 0.508 e. The number of phenols is 1. The third kappa shape index (κ3) is 4.70. The number of benzene rings is 2. The van der Waals surface area contributed by atoms with Crippen LogP contribution in [0, 0.1) is 0 Å². The second kappa shape index (κ2) is 8.89. The molecule has 0 aliphatic rings. The van der Waals surface area contributed by atoms with Crippen molar-refractivity contribution in [3.05, 3.63) is 69.2 Å². The first-order valence-electron chi connectivity index (χ1n) is 9.21. The number of phenolic OH excluding ortho intramolecular Hbond substituents is 1. The van der Waals surface area contributed by atoms with Crippen molar-refractivity contribution in [3.63, 3.8) is 0 Å². The fourth-order valence-corrected chi connectivity index (χ4v) is 3.27. The third-order valence-corrected chi connectivity index (χ3v) is 4.74. The summed E-state index contributed by atoms with van der Waals surface area (Å²) in [7, 11) is 0. The summed E-state index contributed by atoms with van der Waals surface area (Å²) in [6, 6.07) is 11.9. The lowest BCUT2D eigenvalue weighted by Gasteiger charge is -2.22. The molecule has 146 valence electrons. The summed E-state index contributed by atoms with van der Waals surface area (Å²) < 4.78 is 0. The predicted molar refractivity (Wildman–Crippen MR) is 110 cm³/mol. The van der Waals surface area contributed by atoms with Gasteiger partial charge in [-0.3, -0.25) is 9.59 Å². The lowest BCUT2D eigenvalue weighted by Crippen LogP contribution is -2.33. The van der Waals surface area contributed by atoms with Crippen molar-refractivity contribution in [2.75, 3.05) is 6.54 Å². The zero-order valence-electron chi connectivity index (χ0n) is 15.6. The molecule has 1 heterocycles. The summed E-state index contributed by atoms with van der Waals surface area (Å²) in [4.78, 5) is 33.9. The molecule has 0 aliphatic carbocycles. The molecule has 6 nitrogen and oxygen atoms in total. The number of hydrogen-bond donors (Lipinski definition) is 2. The minimum Gasteiger partial charge on any atom is -0.508 e. The first kappa shape index (κ1) is 19.9. The Morgan fingerprint density at radius 3 is 2.79 bits per heavy atom. The number of rotatable bonds is 7. The summed E-state index contributed by atoms with van der Waals surface area (Å²) in [5.74, 6) is 0.554. The minimum absolute atomic E-state index is 0.0565. The maximum absolute atomic E-state index is 12.7. The second-order valence-corrected chi connectivity index (χ2v) is 7.05. The van der Waals surface area contributed by atoms with Gasteiger partial charge < -0.3 is 15.0 Å². The highest BCUT2D eigenvalue weighted by Crippen LogP contribution is 2.18. The van der Waals surface area contributed by atoms with Crippen molar-refractivity contribution >= 4 is 28.4 Å². The van der Waals surface area contributed by atoms with E-state index in [1.165, 1.54) is 0 Å². The van der Waals surface area contributed by atoms with Gasteiger partial charge in [0.2, 0.25) is 5.91 Å². The van der Waals surface area contributed by atoms with Crippen molar-refractivity contribution in [3.8, 4) is 5.75 Å². The molecule has 2 N–H and O–H groups in total. The van der Waals surface area contributed by atoms with Crippen LogP contribution in [0.1, 0.15) is 31.2 Å². The molecule has 7 heteroatoms. The van der Waals surface area contributed by atoms with Crippen molar-refractivity contribution < 1.29 is 9.90 Å². The lowest BCUT2D eigenvalue weighted by atomic mass is 10.1. The van der Waals surface area contributed by atoms with E-state index in [1.54, 1.807) is 41.3 Å². The number of para-hydroxylation sites is 1. The molecular weight excluding hydrogens is 378 g/mol. The van der Waals surface area contributed by atoms with E-state index in [0.29, 0.717) is 34.7 Å². The summed E-state index contributed by atoms with van der Waals surface area (Å²) >= 11 is 6.00. The number of aromatic nitrogens is 2. The number of halogens is 1. The van der Waals surface area contributed by atoms with Crippen LogP contribution >= 0.6 is 11.6 Å². The Balaban J connectivity index is 1.77. The summed E-state index contributed by atoms with van der Waals surface area (Å²) in [5.41, 5.74) is 0.985.